The van der Waals surface area contributed by atoms with Gasteiger partial charge in [-0.2, -0.15) is 5.26 Å². The van der Waals surface area contributed by atoms with Gasteiger partial charge < -0.3 is 10.1 Å². The molecule has 0 saturated carbocycles. The molecule has 1 atom stereocenters. The highest BCUT2D eigenvalue weighted by Crippen LogP contribution is 2.25. The quantitative estimate of drug-likeness (QED) is 0.933. The first kappa shape index (κ1) is 15.8. The van der Waals surface area contributed by atoms with Gasteiger partial charge in [-0.15, -0.1) is 0 Å². The fourth-order valence-corrected chi connectivity index (χ4v) is 2.62. The third-order valence-corrected chi connectivity index (χ3v) is 4.01. The summed E-state index contributed by atoms with van der Waals surface area (Å²) in [6, 6.07) is 13.5. The Labute approximate surface area is 140 Å². The first-order valence-electron chi connectivity index (χ1n) is 7.77. The van der Waals surface area contributed by atoms with E-state index in [2.05, 4.69) is 16.4 Å². The van der Waals surface area contributed by atoms with Gasteiger partial charge in [0.1, 0.15) is 24.2 Å². The van der Waals surface area contributed by atoms with Gasteiger partial charge in [-0.05, 0) is 43.2 Å². The van der Waals surface area contributed by atoms with Crippen LogP contribution in [0.3, 0.4) is 0 Å². The van der Waals surface area contributed by atoms with Crippen molar-refractivity contribution in [3.05, 3.63) is 53.2 Å². The van der Waals surface area contributed by atoms with Gasteiger partial charge in [0.2, 0.25) is 0 Å². The van der Waals surface area contributed by atoms with Crippen molar-refractivity contribution in [2.24, 2.45) is 0 Å². The summed E-state index contributed by atoms with van der Waals surface area (Å²) in [7, 11) is 0. The van der Waals surface area contributed by atoms with Crippen molar-refractivity contribution in [3.8, 4) is 6.07 Å². The van der Waals surface area contributed by atoms with Crippen molar-refractivity contribution in [1.82, 2.24) is 4.98 Å². The molecule has 0 aliphatic carbocycles. The standard InChI is InChI=1S/C18H18N4O2/c1-12-6-7-17(21-16(12)11-19)20-13(2)14-4-3-5-15(10-14)22-8-9-24-18(22)23/h3-7,10,13H,8-9H2,1-2H3,(H,20,21). The average Bonchev–Trinajstić information content (AvgIpc) is 3.02. The molecule has 1 N–H and O–H groups in total. The lowest BCUT2D eigenvalue weighted by atomic mass is 10.1. The maximum absolute atomic E-state index is 11.7. The summed E-state index contributed by atoms with van der Waals surface area (Å²) in [6.45, 7) is 4.85. The number of carbonyl (C=O) groups is 1. The van der Waals surface area contributed by atoms with Crippen molar-refractivity contribution in [1.29, 1.82) is 5.26 Å². The van der Waals surface area contributed by atoms with Gasteiger partial charge in [0, 0.05) is 5.69 Å². The molecule has 6 heteroatoms. The van der Waals surface area contributed by atoms with Crippen LogP contribution in [0.1, 0.15) is 29.8 Å². The fourth-order valence-electron chi connectivity index (χ4n) is 2.62. The number of amides is 1. The lowest BCUT2D eigenvalue weighted by Crippen LogP contribution is -2.23. The Hall–Kier alpha value is -3.07. The topological polar surface area (TPSA) is 78.2 Å². The molecule has 24 heavy (non-hydrogen) atoms. The Morgan fingerprint density at radius 3 is 2.92 bits per heavy atom. The van der Waals surface area contributed by atoms with Gasteiger partial charge in [-0.1, -0.05) is 18.2 Å². The summed E-state index contributed by atoms with van der Waals surface area (Å²) < 4.78 is 4.98. The van der Waals surface area contributed by atoms with E-state index in [0.717, 1.165) is 16.8 Å². The second-order valence-electron chi connectivity index (χ2n) is 5.70. The monoisotopic (exact) mass is 322 g/mol. The number of nitriles is 1. The second kappa shape index (κ2) is 6.59. The first-order valence-corrected chi connectivity index (χ1v) is 7.77. The van der Waals surface area contributed by atoms with Crippen LogP contribution < -0.4 is 10.2 Å². The molecular formula is C18H18N4O2. The van der Waals surface area contributed by atoms with E-state index in [4.69, 9.17) is 10.00 Å². The first-order chi connectivity index (χ1) is 11.6. The SMILES string of the molecule is Cc1ccc(NC(C)c2cccc(N3CCOC3=O)c2)nc1C#N. The van der Waals surface area contributed by atoms with Crippen molar-refractivity contribution >= 4 is 17.6 Å². The molecular weight excluding hydrogens is 304 g/mol. The lowest BCUT2D eigenvalue weighted by Gasteiger charge is -2.18. The van der Waals surface area contributed by atoms with Crippen LogP contribution in [0.25, 0.3) is 0 Å². The molecule has 1 amide bonds. The van der Waals surface area contributed by atoms with E-state index >= 15 is 0 Å². The molecule has 3 rings (SSSR count). The number of ether oxygens (including phenoxy) is 1. The number of aromatic nitrogens is 1. The normalized spacial score (nSPS) is 14.9. The number of carbonyl (C=O) groups excluding carboxylic acids is 1. The van der Waals surface area contributed by atoms with Crippen LogP contribution in [0, 0.1) is 18.3 Å². The summed E-state index contributed by atoms with van der Waals surface area (Å²) in [5.74, 6) is 0.649. The van der Waals surface area contributed by atoms with E-state index in [1.54, 1.807) is 4.90 Å². The van der Waals surface area contributed by atoms with E-state index in [0.29, 0.717) is 24.7 Å². The number of aryl methyl sites for hydroxylation is 1. The summed E-state index contributed by atoms with van der Waals surface area (Å²) in [5, 5.41) is 12.4. The minimum Gasteiger partial charge on any atom is -0.447 e. The van der Waals surface area contributed by atoms with E-state index in [1.807, 2.05) is 50.2 Å². The molecule has 2 heterocycles. The molecule has 0 bridgehead atoms. The summed E-state index contributed by atoms with van der Waals surface area (Å²) >= 11 is 0. The number of nitrogens with zero attached hydrogens (tertiary/aromatic N) is 3. The highest BCUT2D eigenvalue weighted by Gasteiger charge is 2.23. The zero-order valence-corrected chi connectivity index (χ0v) is 13.6. The maximum atomic E-state index is 11.7. The highest BCUT2D eigenvalue weighted by molar-refractivity contribution is 5.89. The van der Waals surface area contributed by atoms with Crippen LogP contribution in [0.2, 0.25) is 0 Å². The van der Waals surface area contributed by atoms with Crippen LogP contribution in [0.4, 0.5) is 16.3 Å². The van der Waals surface area contributed by atoms with Crippen molar-refractivity contribution < 1.29 is 9.53 Å². The second-order valence-corrected chi connectivity index (χ2v) is 5.70. The van der Waals surface area contributed by atoms with Crippen LogP contribution in [-0.4, -0.2) is 24.2 Å². The third kappa shape index (κ3) is 3.15. The molecule has 1 unspecified atom stereocenters. The zero-order chi connectivity index (χ0) is 17.1. The van der Waals surface area contributed by atoms with Crippen molar-refractivity contribution in [2.45, 2.75) is 19.9 Å². The molecule has 1 aliphatic heterocycles. The molecule has 6 nitrogen and oxygen atoms in total. The lowest BCUT2D eigenvalue weighted by molar-refractivity contribution is 0.181. The average molecular weight is 322 g/mol. The number of cyclic esters (lactones) is 1. The minimum absolute atomic E-state index is 0.0228. The molecule has 1 fully saturated rings. The van der Waals surface area contributed by atoms with Crippen LogP contribution in [-0.2, 0) is 4.74 Å². The number of hydrogen-bond donors (Lipinski definition) is 1. The van der Waals surface area contributed by atoms with E-state index in [9.17, 15) is 4.79 Å². The Bertz CT molecular complexity index is 813. The van der Waals surface area contributed by atoms with E-state index < -0.39 is 0 Å². The van der Waals surface area contributed by atoms with Gasteiger partial charge in [0.25, 0.3) is 0 Å². The number of rotatable bonds is 4. The van der Waals surface area contributed by atoms with Gasteiger partial charge in [0.05, 0.1) is 12.6 Å². The predicted octanol–water partition coefficient (Wildman–Crippen LogP) is 3.39. The molecule has 1 aromatic heterocycles. The molecule has 2 aromatic rings. The van der Waals surface area contributed by atoms with Gasteiger partial charge in [-0.3, -0.25) is 4.90 Å². The number of benzene rings is 1. The highest BCUT2D eigenvalue weighted by atomic mass is 16.6. The predicted molar refractivity (Wildman–Crippen MR) is 90.9 cm³/mol. The zero-order valence-electron chi connectivity index (χ0n) is 13.6. The summed E-state index contributed by atoms with van der Waals surface area (Å²) in [4.78, 5) is 17.6. The smallest absolute Gasteiger partial charge is 0.414 e. The Morgan fingerprint density at radius 2 is 2.21 bits per heavy atom. The van der Waals surface area contributed by atoms with Gasteiger partial charge in [0.15, 0.2) is 0 Å². The third-order valence-electron chi connectivity index (χ3n) is 4.01. The largest absolute Gasteiger partial charge is 0.447 e. The van der Waals surface area contributed by atoms with E-state index in [-0.39, 0.29) is 12.1 Å². The Morgan fingerprint density at radius 1 is 1.38 bits per heavy atom. The fraction of sp³-hybridized carbons (Fsp3) is 0.278. The molecule has 1 aromatic carbocycles. The Kier molecular flexibility index (Phi) is 4.34. The number of anilines is 2. The summed E-state index contributed by atoms with van der Waals surface area (Å²) in [5.41, 5.74) is 3.11. The number of pyridine rings is 1. The van der Waals surface area contributed by atoms with Crippen LogP contribution >= 0.6 is 0 Å². The molecule has 122 valence electrons. The molecule has 1 aliphatic rings. The van der Waals surface area contributed by atoms with E-state index in [1.165, 1.54) is 0 Å². The van der Waals surface area contributed by atoms with Crippen LogP contribution in [0.15, 0.2) is 36.4 Å². The maximum Gasteiger partial charge on any atom is 0.414 e. The molecule has 0 radical (unpaired) electrons. The molecule has 1 saturated heterocycles. The van der Waals surface area contributed by atoms with Crippen LogP contribution in [0.5, 0.6) is 0 Å². The van der Waals surface area contributed by atoms with Crippen molar-refractivity contribution in [2.75, 3.05) is 23.4 Å². The van der Waals surface area contributed by atoms with Gasteiger partial charge in [-0.25, -0.2) is 9.78 Å². The summed E-state index contributed by atoms with van der Waals surface area (Å²) in [6.07, 6.45) is -0.313. The minimum atomic E-state index is -0.313. The Balaban J connectivity index is 1.79. The van der Waals surface area contributed by atoms with Gasteiger partial charge >= 0.3 is 6.09 Å². The number of nitrogens with one attached hydrogen (secondary N) is 1. The van der Waals surface area contributed by atoms with Crippen molar-refractivity contribution in [3.63, 3.8) is 0 Å². The number of hydrogen-bond acceptors (Lipinski definition) is 5. The molecule has 0 spiro atoms.